The Morgan fingerprint density at radius 3 is 2.79 bits per heavy atom. The molecule has 0 bridgehead atoms. The molecule has 0 saturated heterocycles. The van der Waals surface area contributed by atoms with Crippen LogP contribution in [0.25, 0.3) is 16.9 Å². The van der Waals surface area contributed by atoms with Crippen molar-refractivity contribution in [2.45, 2.75) is 6.92 Å². The first-order valence-electron chi connectivity index (χ1n) is 5.62. The Balaban J connectivity index is 2.38. The molecular weight excluding hydrogens is 330 g/mol. The molecule has 0 aliphatic carbocycles. The summed E-state index contributed by atoms with van der Waals surface area (Å²) >= 11 is 9.47. The van der Waals surface area contributed by atoms with Crippen LogP contribution in [0.15, 0.2) is 22.7 Å². The highest BCUT2D eigenvalue weighted by Gasteiger charge is 2.18. The van der Waals surface area contributed by atoms with Crippen molar-refractivity contribution in [2.75, 3.05) is 5.73 Å². The van der Waals surface area contributed by atoms with Gasteiger partial charge < -0.3 is 5.73 Å². The van der Waals surface area contributed by atoms with Crippen molar-refractivity contribution in [1.29, 1.82) is 0 Å². The van der Waals surface area contributed by atoms with Crippen LogP contribution < -0.4 is 5.73 Å². The predicted molar refractivity (Wildman–Crippen MR) is 79.7 cm³/mol. The molecule has 2 heterocycles. The number of aromatic nitrogens is 4. The Labute approximate surface area is 123 Å². The number of aryl methyl sites for hydroxylation is 2. The molecule has 5 nitrogen and oxygen atoms in total. The molecule has 3 rings (SSSR count). The van der Waals surface area contributed by atoms with Crippen LogP contribution in [0.2, 0.25) is 5.02 Å². The lowest BCUT2D eigenvalue weighted by molar-refractivity contribution is 0.762. The van der Waals surface area contributed by atoms with E-state index in [0.717, 1.165) is 27.0 Å². The number of halogens is 2. The first-order valence-corrected chi connectivity index (χ1v) is 6.79. The van der Waals surface area contributed by atoms with Crippen LogP contribution in [0, 0.1) is 6.92 Å². The van der Waals surface area contributed by atoms with E-state index in [1.165, 1.54) is 0 Å². The average Bonchev–Trinajstić information content (AvgIpc) is 2.79. The fourth-order valence-electron chi connectivity index (χ4n) is 2.19. The first-order chi connectivity index (χ1) is 8.99. The van der Waals surface area contributed by atoms with Gasteiger partial charge in [0, 0.05) is 16.5 Å². The van der Waals surface area contributed by atoms with Gasteiger partial charge in [-0.05, 0) is 41.1 Å². The van der Waals surface area contributed by atoms with Gasteiger partial charge in [-0.3, -0.25) is 4.57 Å². The zero-order valence-corrected chi connectivity index (χ0v) is 12.7. The van der Waals surface area contributed by atoms with Gasteiger partial charge in [0.05, 0.1) is 11.4 Å². The van der Waals surface area contributed by atoms with E-state index in [2.05, 4.69) is 26.0 Å². The van der Waals surface area contributed by atoms with Crippen LogP contribution in [-0.2, 0) is 7.05 Å². The fourth-order valence-corrected chi connectivity index (χ4v) is 3.05. The van der Waals surface area contributed by atoms with Gasteiger partial charge in [-0.1, -0.05) is 11.6 Å². The molecule has 7 heteroatoms. The topological polar surface area (TPSA) is 61.7 Å². The Kier molecular flexibility index (Phi) is 2.79. The van der Waals surface area contributed by atoms with Crippen LogP contribution in [-0.4, -0.2) is 19.3 Å². The smallest absolute Gasteiger partial charge is 0.207 e. The van der Waals surface area contributed by atoms with E-state index in [1.807, 2.05) is 36.7 Å². The molecule has 0 fully saturated rings. The molecule has 98 valence electrons. The van der Waals surface area contributed by atoms with Gasteiger partial charge in [0.2, 0.25) is 5.95 Å². The molecular formula is C12H11BrClN5. The summed E-state index contributed by atoms with van der Waals surface area (Å²) < 4.78 is 4.48. The van der Waals surface area contributed by atoms with Gasteiger partial charge in [0.1, 0.15) is 5.52 Å². The van der Waals surface area contributed by atoms with E-state index in [-0.39, 0.29) is 0 Å². The standard InChI is InChI=1S/C12H11BrClN5/c1-6-10-11(18(2)17-6)19(12(15)16-10)9-4-3-7(14)5-8(9)13/h3-5H,1-2H3,(H2,15,16). The summed E-state index contributed by atoms with van der Waals surface area (Å²) in [4.78, 5) is 4.38. The zero-order chi connectivity index (χ0) is 13.7. The number of imidazole rings is 1. The summed E-state index contributed by atoms with van der Waals surface area (Å²) in [5.41, 5.74) is 9.43. The maximum absolute atomic E-state index is 6.03. The maximum atomic E-state index is 6.03. The molecule has 2 aromatic heterocycles. The maximum Gasteiger partial charge on any atom is 0.207 e. The van der Waals surface area contributed by atoms with Gasteiger partial charge in [-0.15, -0.1) is 0 Å². The number of fused-ring (bicyclic) bond motifs is 1. The van der Waals surface area contributed by atoms with Crippen LogP contribution in [0.4, 0.5) is 5.95 Å². The van der Waals surface area contributed by atoms with Gasteiger partial charge in [0.15, 0.2) is 5.65 Å². The van der Waals surface area contributed by atoms with Crippen molar-refractivity contribution in [1.82, 2.24) is 19.3 Å². The van der Waals surface area contributed by atoms with E-state index < -0.39 is 0 Å². The van der Waals surface area contributed by atoms with Crippen LogP contribution >= 0.6 is 27.5 Å². The minimum absolute atomic E-state index is 0.425. The van der Waals surface area contributed by atoms with E-state index >= 15 is 0 Å². The summed E-state index contributed by atoms with van der Waals surface area (Å²) in [5.74, 6) is 0.425. The second-order valence-electron chi connectivity index (χ2n) is 4.28. The molecule has 3 aromatic rings. The third kappa shape index (κ3) is 1.82. The molecule has 0 aliphatic rings. The molecule has 1 aromatic carbocycles. The fraction of sp³-hybridized carbons (Fsp3) is 0.167. The van der Waals surface area contributed by atoms with Crippen LogP contribution in [0.1, 0.15) is 5.69 Å². The van der Waals surface area contributed by atoms with Crippen molar-refractivity contribution in [3.05, 3.63) is 33.4 Å². The predicted octanol–water partition coefficient (Wildman–Crippen LogP) is 3.07. The van der Waals surface area contributed by atoms with E-state index in [0.29, 0.717) is 11.0 Å². The Morgan fingerprint density at radius 1 is 1.37 bits per heavy atom. The van der Waals surface area contributed by atoms with E-state index in [4.69, 9.17) is 17.3 Å². The number of hydrogen-bond donors (Lipinski definition) is 1. The van der Waals surface area contributed by atoms with Crippen LogP contribution in [0.5, 0.6) is 0 Å². The molecule has 0 aliphatic heterocycles. The van der Waals surface area contributed by atoms with E-state index in [1.54, 1.807) is 4.68 Å². The second kappa shape index (κ2) is 4.25. The Bertz CT molecular complexity index is 789. The highest BCUT2D eigenvalue weighted by molar-refractivity contribution is 9.10. The third-order valence-corrected chi connectivity index (χ3v) is 3.85. The Morgan fingerprint density at radius 2 is 2.11 bits per heavy atom. The van der Waals surface area contributed by atoms with E-state index in [9.17, 15) is 0 Å². The molecule has 2 N–H and O–H groups in total. The minimum atomic E-state index is 0.425. The number of rotatable bonds is 1. The largest absolute Gasteiger partial charge is 0.369 e. The summed E-state index contributed by atoms with van der Waals surface area (Å²) in [7, 11) is 1.87. The third-order valence-electron chi connectivity index (χ3n) is 2.98. The number of nitrogens with two attached hydrogens (primary N) is 1. The zero-order valence-electron chi connectivity index (χ0n) is 10.4. The number of nitrogen functional groups attached to an aromatic ring is 1. The molecule has 0 atom stereocenters. The molecule has 0 spiro atoms. The van der Waals surface area contributed by atoms with Gasteiger partial charge in [-0.2, -0.15) is 5.10 Å². The van der Waals surface area contributed by atoms with Gasteiger partial charge in [-0.25, -0.2) is 9.67 Å². The second-order valence-corrected chi connectivity index (χ2v) is 5.57. The Hall–Kier alpha value is -1.53. The van der Waals surface area contributed by atoms with Crippen molar-refractivity contribution >= 4 is 44.6 Å². The molecule has 0 unspecified atom stereocenters. The van der Waals surface area contributed by atoms with Gasteiger partial charge in [0.25, 0.3) is 0 Å². The molecule has 0 amide bonds. The van der Waals surface area contributed by atoms with Gasteiger partial charge >= 0.3 is 0 Å². The minimum Gasteiger partial charge on any atom is -0.369 e. The molecule has 0 radical (unpaired) electrons. The monoisotopic (exact) mass is 339 g/mol. The molecule has 19 heavy (non-hydrogen) atoms. The summed E-state index contributed by atoms with van der Waals surface area (Å²) in [5, 5.41) is 5.02. The van der Waals surface area contributed by atoms with Crippen molar-refractivity contribution in [3.8, 4) is 5.69 Å². The lowest BCUT2D eigenvalue weighted by atomic mass is 10.3. The summed E-state index contributed by atoms with van der Waals surface area (Å²) in [6.07, 6.45) is 0. The summed E-state index contributed by atoms with van der Waals surface area (Å²) in [6.45, 7) is 1.91. The van der Waals surface area contributed by atoms with Crippen LogP contribution in [0.3, 0.4) is 0 Å². The quantitative estimate of drug-likeness (QED) is 0.740. The molecule has 0 saturated carbocycles. The summed E-state index contributed by atoms with van der Waals surface area (Å²) in [6, 6.07) is 5.54. The van der Waals surface area contributed by atoms with Crippen molar-refractivity contribution in [2.24, 2.45) is 7.05 Å². The SMILES string of the molecule is Cc1nn(C)c2c1nc(N)n2-c1ccc(Cl)cc1Br. The first kappa shape index (κ1) is 12.5. The average molecular weight is 341 g/mol. The number of anilines is 1. The van der Waals surface area contributed by atoms with Crippen molar-refractivity contribution in [3.63, 3.8) is 0 Å². The number of benzene rings is 1. The lowest BCUT2D eigenvalue weighted by Gasteiger charge is -2.09. The number of nitrogens with zero attached hydrogens (tertiary/aromatic N) is 4. The number of hydrogen-bond acceptors (Lipinski definition) is 3. The van der Waals surface area contributed by atoms with Crippen molar-refractivity contribution < 1.29 is 0 Å². The lowest BCUT2D eigenvalue weighted by Crippen LogP contribution is -2.05. The highest BCUT2D eigenvalue weighted by Crippen LogP contribution is 2.30. The normalized spacial score (nSPS) is 11.4. The highest BCUT2D eigenvalue weighted by atomic mass is 79.9.